The molecule has 148 valence electrons. The van der Waals surface area contributed by atoms with Gasteiger partial charge < -0.3 is 10.5 Å². The Hall–Kier alpha value is -3.16. The number of rotatable bonds is 6. The first kappa shape index (κ1) is 20.6. The number of hydrogen-bond donors (Lipinski definition) is 1. The summed E-state index contributed by atoms with van der Waals surface area (Å²) in [4.78, 5) is 40.4. The third-order valence-electron chi connectivity index (χ3n) is 3.95. The molecule has 0 bridgehead atoms. The third kappa shape index (κ3) is 5.01. The highest BCUT2D eigenvalue weighted by atomic mass is 35.5. The molecule has 0 saturated heterocycles. The molecule has 7 nitrogen and oxygen atoms in total. The summed E-state index contributed by atoms with van der Waals surface area (Å²) >= 11 is 11.8. The summed E-state index contributed by atoms with van der Waals surface area (Å²) in [7, 11) is 0. The number of carbonyl (C=O) groups is 2. The minimum atomic E-state index is -0.712. The van der Waals surface area contributed by atoms with Crippen LogP contribution in [-0.4, -0.2) is 21.4 Å². The van der Waals surface area contributed by atoms with Gasteiger partial charge in [-0.05, 0) is 35.9 Å². The first-order chi connectivity index (χ1) is 13.8. The molecule has 0 aliphatic heterocycles. The number of halogens is 2. The number of fused-ring (bicyclic) bond motifs is 1. The van der Waals surface area contributed by atoms with Gasteiger partial charge in [-0.3, -0.25) is 14.2 Å². The van der Waals surface area contributed by atoms with E-state index in [0.717, 1.165) is 4.57 Å². The molecule has 1 amide bonds. The van der Waals surface area contributed by atoms with Crippen molar-refractivity contribution in [3.63, 3.8) is 0 Å². The lowest BCUT2D eigenvalue weighted by Crippen LogP contribution is -2.32. The predicted octanol–water partition coefficient (Wildman–Crippen LogP) is 2.95. The lowest BCUT2D eigenvalue weighted by Gasteiger charge is -2.12. The number of amides is 1. The molecule has 2 N–H and O–H groups in total. The van der Waals surface area contributed by atoms with Crippen LogP contribution in [0.25, 0.3) is 17.0 Å². The lowest BCUT2D eigenvalue weighted by molar-refractivity contribution is -0.139. The Balaban J connectivity index is 1.80. The van der Waals surface area contributed by atoms with Crippen molar-refractivity contribution in [1.82, 2.24) is 9.55 Å². The molecule has 1 heterocycles. The maximum atomic E-state index is 12.6. The van der Waals surface area contributed by atoms with Gasteiger partial charge >= 0.3 is 5.97 Å². The van der Waals surface area contributed by atoms with E-state index >= 15 is 0 Å². The van der Waals surface area contributed by atoms with Gasteiger partial charge in [0.15, 0.2) is 5.82 Å². The summed E-state index contributed by atoms with van der Waals surface area (Å²) in [6.07, 6.45) is 2.71. The standard InChI is InChI=1S/C20H15Cl2N3O4/c21-14-7-5-12(9-15(14)22)6-8-19(27)29-11-18-24-16-4-2-1-3-13(16)20(28)25(18)10-17(23)26/h1-9H,10-11H2,(H2,23,26)/b8-6+. The van der Waals surface area contributed by atoms with E-state index in [9.17, 15) is 14.4 Å². The van der Waals surface area contributed by atoms with Gasteiger partial charge in [0.2, 0.25) is 5.91 Å². The van der Waals surface area contributed by atoms with Crippen molar-refractivity contribution in [2.75, 3.05) is 0 Å². The van der Waals surface area contributed by atoms with Crippen LogP contribution >= 0.6 is 23.2 Å². The number of benzene rings is 2. The number of nitrogens with two attached hydrogens (primary N) is 1. The molecule has 0 fully saturated rings. The first-order valence-corrected chi connectivity index (χ1v) is 9.17. The van der Waals surface area contributed by atoms with Crippen LogP contribution in [-0.2, 0) is 27.5 Å². The van der Waals surface area contributed by atoms with E-state index < -0.39 is 17.4 Å². The van der Waals surface area contributed by atoms with Crippen molar-refractivity contribution in [3.8, 4) is 0 Å². The number of esters is 1. The molecule has 0 aliphatic rings. The van der Waals surface area contributed by atoms with Gasteiger partial charge in [0.05, 0.1) is 20.9 Å². The van der Waals surface area contributed by atoms with Crippen LogP contribution in [0.5, 0.6) is 0 Å². The van der Waals surface area contributed by atoms with Gasteiger partial charge in [-0.25, -0.2) is 9.78 Å². The van der Waals surface area contributed by atoms with Crippen molar-refractivity contribution >= 4 is 52.1 Å². The van der Waals surface area contributed by atoms with Crippen LogP contribution < -0.4 is 11.3 Å². The van der Waals surface area contributed by atoms with Gasteiger partial charge in [0, 0.05) is 6.08 Å². The molecule has 9 heteroatoms. The second-order valence-electron chi connectivity index (χ2n) is 6.02. The second kappa shape index (κ2) is 8.89. The number of hydrogen-bond acceptors (Lipinski definition) is 5. The highest BCUT2D eigenvalue weighted by Gasteiger charge is 2.14. The van der Waals surface area contributed by atoms with E-state index in [1.807, 2.05) is 0 Å². The number of nitrogens with zero attached hydrogens (tertiary/aromatic N) is 2. The number of aromatic nitrogens is 2. The number of carbonyl (C=O) groups excluding carboxylic acids is 2. The van der Waals surface area contributed by atoms with Gasteiger partial charge in [0.1, 0.15) is 13.2 Å². The SMILES string of the molecule is NC(=O)Cn1c(COC(=O)/C=C/c2ccc(Cl)c(Cl)c2)nc2ccccc2c1=O. The molecular formula is C20H15Cl2N3O4. The van der Waals surface area contributed by atoms with E-state index in [1.165, 1.54) is 12.2 Å². The Labute approximate surface area is 175 Å². The van der Waals surface area contributed by atoms with Crippen LogP contribution in [0.15, 0.2) is 53.3 Å². The topological polar surface area (TPSA) is 104 Å². The molecular weight excluding hydrogens is 417 g/mol. The summed E-state index contributed by atoms with van der Waals surface area (Å²) < 4.78 is 6.27. The monoisotopic (exact) mass is 431 g/mol. The Morgan fingerprint density at radius 2 is 1.90 bits per heavy atom. The molecule has 0 aliphatic carbocycles. The third-order valence-corrected chi connectivity index (χ3v) is 4.69. The molecule has 2 aromatic carbocycles. The molecule has 0 saturated carbocycles. The smallest absolute Gasteiger partial charge is 0.331 e. The zero-order valence-corrected chi connectivity index (χ0v) is 16.5. The van der Waals surface area contributed by atoms with E-state index in [0.29, 0.717) is 26.5 Å². The zero-order valence-electron chi connectivity index (χ0n) is 15.0. The van der Waals surface area contributed by atoms with Crippen LogP contribution in [0, 0.1) is 0 Å². The molecule has 0 unspecified atom stereocenters. The van der Waals surface area contributed by atoms with Crippen LogP contribution in [0.1, 0.15) is 11.4 Å². The normalized spacial score (nSPS) is 11.1. The average molecular weight is 432 g/mol. The number of para-hydroxylation sites is 1. The molecule has 3 rings (SSSR count). The van der Waals surface area contributed by atoms with Crippen molar-refractivity contribution in [2.45, 2.75) is 13.2 Å². The Morgan fingerprint density at radius 3 is 2.62 bits per heavy atom. The fraction of sp³-hybridized carbons (Fsp3) is 0.100. The van der Waals surface area contributed by atoms with Gasteiger partial charge in [-0.2, -0.15) is 0 Å². The maximum Gasteiger partial charge on any atom is 0.331 e. The van der Waals surface area contributed by atoms with Crippen LogP contribution in [0.3, 0.4) is 0 Å². The minimum Gasteiger partial charge on any atom is -0.454 e. The van der Waals surface area contributed by atoms with Crippen molar-refractivity contribution in [3.05, 3.63) is 80.3 Å². The molecule has 0 spiro atoms. The van der Waals surface area contributed by atoms with E-state index in [2.05, 4.69) is 4.98 Å². The van der Waals surface area contributed by atoms with E-state index in [1.54, 1.807) is 42.5 Å². The maximum absolute atomic E-state index is 12.6. The Morgan fingerprint density at radius 1 is 1.14 bits per heavy atom. The minimum absolute atomic E-state index is 0.115. The van der Waals surface area contributed by atoms with Crippen molar-refractivity contribution in [1.29, 1.82) is 0 Å². The second-order valence-corrected chi connectivity index (χ2v) is 6.83. The van der Waals surface area contributed by atoms with Gasteiger partial charge in [-0.1, -0.05) is 41.4 Å². The number of primary amides is 1. The van der Waals surface area contributed by atoms with E-state index in [4.69, 9.17) is 33.7 Å². The van der Waals surface area contributed by atoms with Gasteiger partial charge in [-0.15, -0.1) is 0 Å². The zero-order chi connectivity index (χ0) is 21.0. The molecule has 3 aromatic rings. The lowest BCUT2D eigenvalue weighted by atomic mass is 10.2. The Bertz CT molecular complexity index is 1190. The fourth-order valence-corrected chi connectivity index (χ4v) is 2.91. The van der Waals surface area contributed by atoms with Crippen LogP contribution in [0.2, 0.25) is 10.0 Å². The fourth-order valence-electron chi connectivity index (χ4n) is 2.61. The number of ether oxygens (including phenoxy) is 1. The first-order valence-electron chi connectivity index (χ1n) is 8.42. The summed E-state index contributed by atoms with van der Waals surface area (Å²) in [5.41, 5.74) is 5.88. The van der Waals surface area contributed by atoms with Crippen LogP contribution in [0.4, 0.5) is 0 Å². The highest BCUT2D eigenvalue weighted by Crippen LogP contribution is 2.23. The molecule has 0 atom stereocenters. The average Bonchev–Trinajstić information content (AvgIpc) is 2.69. The molecule has 0 radical (unpaired) electrons. The van der Waals surface area contributed by atoms with Gasteiger partial charge in [0.25, 0.3) is 5.56 Å². The van der Waals surface area contributed by atoms with Crippen molar-refractivity contribution in [2.24, 2.45) is 5.73 Å². The molecule has 29 heavy (non-hydrogen) atoms. The predicted molar refractivity (Wildman–Crippen MR) is 110 cm³/mol. The Kier molecular flexibility index (Phi) is 6.31. The van der Waals surface area contributed by atoms with Crippen molar-refractivity contribution < 1.29 is 14.3 Å². The quantitative estimate of drug-likeness (QED) is 0.477. The summed E-state index contributed by atoms with van der Waals surface area (Å²) in [6, 6.07) is 11.6. The summed E-state index contributed by atoms with van der Waals surface area (Å²) in [5.74, 6) is -1.26. The highest BCUT2D eigenvalue weighted by molar-refractivity contribution is 6.42. The van der Waals surface area contributed by atoms with E-state index in [-0.39, 0.29) is 19.0 Å². The molecule has 1 aromatic heterocycles. The summed E-state index contributed by atoms with van der Waals surface area (Å²) in [5, 5.41) is 1.10. The largest absolute Gasteiger partial charge is 0.454 e. The summed E-state index contributed by atoms with van der Waals surface area (Å²) in [6.45, 7) is -0.680.